The van der Waals surface area contributed by atoms with Crippen LogP contribution in [0.15, 0.2) is 18.2 Å². The molecule has 180 valence electrons. The van der Waals surface area contributed by atoms with Crippen molar-refractivity contribution in [2.24, 2.45) is 5.41 Å². The summed E-state index contributed by atoms with van der Waals surface area (Å²) in [4.78, 5) is 63.1. The average Bonchev–Trinajstić information content (AvgIpc) is 3.21. The maximum Gasteiger partial charge on any atom is 0.252 e. The van der Waals surface area contributed by atoms with Gasteiger partial charge >= 0.3 is 0 Å². The fraction of sp³-hybridized carbons (Fsp3) is 0.522. The van der Waals surface area contributed by atoms with Crippen molar-refractivity contribution in [1.82, 2.24) is 15.5 Å². The summed E-state index contributed by atoms with van der Waals surface area (Å²) in [5.74, 6) is -1.62. The predicted octanol–water partition coefficient (Wildman–Crippen LogP) is 1.72. The molecule has 1 aliphatic heterocycles. The highest BCUT2D eigenvalue weighted by Crippen LogP contribution is 2.27. The van der Waals surface area contributed by atoms with E-state index in [4.69, 9.17) is 17.3 Å². The topological polar surface area (TPSA) is 139 Å². The summed E-state index contributed by atoms with van der Waals surface area (Å²) in [6.07, 6.45) is 1.42. The van der Waals surface area contributed by atoms with Crippen LogP contribution in [-0.2, 0) is 19.2 Å². The fourth-order valence-electron chi connectivity index (χ4n) is 3.72. The van der Waals surface area contributed by atoms with Crippen molar-refractivity contribution in [3.8, 4) is 0 Å². The van der Waals surface area contributed by atoms with Crippen LogP contribution in [0.5, 0.6) is 0 Å². The van der Waals surface area contributed by atoms with Gasteiger partial charge in [0.05, 0.1) is 16.8 Å². The largest absolute Gasteiger partial charge is 0.398 e. The molecule has 3 atom stereocenters. The monoisotopic (exact) mass is 478 g/mol. The second-order valence-corrected chi connectivity index (χ2v) is 9.76. The highest BCUT2D eigenvalue weighted by atomic mass is 35.5. The molecule has 1 aromatic rings. The molecule has 1 aromatic carbocycles. The van der Waals surface area contributed by atoms with Crippen LogP contribution in [0, 0.1) is 5.41 Å². The minimum atomic E-state index is -0.944. The van der Waals surface area contributed by atoms with Gasteiger partial charge in [0.25, 0.3) is 5.91 Å². The standard InChI is InChI=1S/C23H31ClN4O5/c1-13(30)10-15(12-29)26-21(32)18-6-5-9-28(18)22(33)19(23(2,3)4)27-20(31)14-7-8-17(25)16(24)11-14/h7-8,11-12,15,18-19H,5-6,9-10,25H2,1-4H3,(H,26,32)(H,27,31). The molecular weight excluding hydrogens is 448 g/mol. The average molecular weight is 479 g/mol. The highest BCUT2D eigenvalue weighted by molar-refractivity contribution is 6.33. The van der Waals surface area contributed by atoms with Crippen molar-refractivity contribution in [2.75, 3.05) is 12.3 Å². The predicted molar refractivity (Wildman–Crippen MR) is 125 cm³/mol. The fourth-order valence-corrected chi connectivity index (χ4v) is 3.90. The van der Waals surface area contributed by atoms with Crippen LogP contribution in [0.2, 0.25) is 5.02 Å². The molecule has 2 rings (SSSR count). The molecule has 1 fully saturated rings. The second-order valence-electron chi connectivity index (χ2n) is 9.36. The molecule has 0 radical (unpaired) electrons. The number of hydrogen-bond acceptors (Lipinski definition) is 6. The lowest BCUT2D eigenvalue weighted by Crippen LogP contribution is -2.58. The maximum atomic E-state index is 13.5. The summed E-state index contributed by atoms with van der Waals surface area (Å²) >= 11 is 6.02. The number of aldehydes is 1. The third-order valence-electron chi connectivity index (χ3n) is 5.49. The molecule has 3 unspecified atom stereocenters. The molecule has 1 saturated heterocycles. The number of likely N-dealkylation sites (tertiary alicyclic amines) is 1. The van der Waals surface area contributed by atoms with Crippen LogP contribution in [0.25, 0.3) is 0 Å². The number of Topliss-reactive ketones (excluding diaryl/α,β-unsaturated/α-hetero) is 1. The molecule has 33 heavy (non-hydrogen) atoms. The van der Waals surface area contributed by atoms with E-state index in [2.05, 4.69) is 10.6 Å². The summed E-state index contributed by atoms with van der Waals surface area (Å²) < 4.78 is 0. The summed E-state index contributed by atoms with van der Waals surface area (Å²) in [6.45, 7) is 7.11. The first-order valence-electron chi connectivity index (χ1n) is 10.8. The first-order valence-corrected chi connectivity index (χ1v) is 11.1. The van der Waals surface area contributed by atoms with E-state index in [1.54, 1.807) is 0 Å². The Bertz CT molecular complexity index is 943. The molecule has 1 heterocycles. The van der Waals surface area contributed by atoms with Gasteiger partial charge in [0.2, 0.25) is 11.8 Å². The van der Waals surface area contributed by atoms with Crippen LogP contribution in [-0.4, -0.2) is 59.4 Å². The normalized spacial score (nSPS) is 17.7. The Morgan fingerprint density at radius 3 is 2.45 bits per heavy atom. The number of carbonyl (C=O) groups excluding carboxylic acids is 5. The number of rotatable bonds is 8. The van der Waals surface area contributed by atoms with Crippen molar-refractivity contribution in [3.05, 3.63) is 28.8 Å². The van der Waals surface area contributed by atoms with Crippen molar-refractivity contribution in [3.63, 3.8) is 0 Å². The van der Waals surface area contributed by atoms with Gasteiger partial charge in [-0.15, -0.1) is 0 Å². The van der Waals surface area contributed by atoms with Crippen LogP contribution in [0.4, 0.5) is 5.69 Å². The summed E-state index contributed by atoms with van der Waals surface area (Å²) in [5, 5.41) is 5.55. The van der Waals surface area contributed by atoms with E-state index in [0.717, 1.165) is 0 Å². The van der Waals surface area contributed by atoms with Crippen molar-refractivity contribution >= 4 is 47.1 Å². The zero-order valence-corrected chi connectivity index (χ0v) is 20.1. The number of amides is 3. The lowest BCUT2D eigenvalue weighted by Gasteiger charge is -2.35. The van der Waals surface area contributed by atoms with Gasteiger partial charge in [0, 0.05) is 18.5 Å². The van der Waals surface area contributed by atoms with Crippen LogP contribution in [0.1, 0.15) is 57.3 Å². The van der Waals surface area contributed by atoms with Crippen molar-refractivity contribution in [1.29, 1.82) is 0 Å². The van der Waals surface area contributed by atoms with E-state index < -0.39 is 41.3 Å². The maximum absolute atomic E-state index is 13.5. The number of nitrogens with one attached hydrogen (secondary N) is 2. The Morgan fingerprint density at radius 2 is 1.91 bits per heavy atom. The van der Waals surface area contributed by atoms with E-state index in [0.29, 0.717) is 31.4 Å². The molecule has 0 bridgehead atoms. The number of ketones is 1. The molecule has 1 aliphatic rings. The number of anilines is 1. The van der Waals surface area contributed by atoms with E-state index >= 15 is 0 Å². The van der Waals surface area contributed by atoms with Gasteiger partial charge in [-0.25, -0.2) is 0 Å². The summed E-state index contributed by atoms with van der Waals surface area (Å²) in [7, 11) is 0. The van der Waals surface area contributed by atoms with E-state index in [-0.39, 0.29) is 22.8 Å². The van der Waals surface area contributed by atoms with Gasteiger partial charge in [-0.3, -0.25) is 19.2 Å². The SMILES string of the molecule is CC(=O)CC(C=O)NC(=O)C1CCCN1C(=O)C(NC(=O)c1ccc(N)c(Cl)c1)C(C)(C)C. The number of halogens is 1. The van der Waals surface area contributed by atoms with Gasteiger partial charge < -0.3 is 26.1 Å². The molecule has 4 N–H and O–H groups in total. The molecule has 0 aromatic heterocycles. The van der Waals surface area contributed by atoms with E-state index in [1.165, 1.54) is 30.0 Å². The Kier molecular flexibility index (Phi) is 8.60. The molecule has 3 amide bonds. The molecule has 0 saturated carbocycles. The van der Waals surface area contributed by atoms with Crippen LogP contribution >= 0.6 is 11.6 Å². The van der Waals surface area contributed by atoms with E-state index in [9.17, 15) is 24.0 Å². The number of nitrogens with two attached hydrogens (primary N) is 1. The van der Waals surface area contributed by atoms with Gasteiger partial charge in [-0.2, -0.15) is 0 Å². The van der Waals surface area contributed by atoms with Crippen molar-refractivity contribution in [2.45, 2.75) is 65.1 Å². The number of benzene rings is 1. The van der Waals surface area contributed by atoms with Gasteiger partial charge in [0.15, 0.2) is 0 Å². The summed E-state index contributed by atoms with van der Waals surface area (Å²) in [6, 6.07) is 1.80. The number of hydrogen-bond donors (Lipinski definition) is 3. The van der Waals surface area contributed by atoms with Gasteiger partial charge in [-0.05, 0) is 43.4 Å². The lowest BCUT2D eigenvalue weighted by molar-refractivity contribution is -0.142. The quantitative estimate of drug-likeness (QED) is 0.384. The van der Waals surface area contributed by atoms with E-state index in [1.807, 2.05) is 20.8 Å². The molecule has 0 spiro atoms. The van der Waals surface area contributed by atoms with Crippen LogP contribution < -0.4 is 16.4 Å². The smallest absolute Gasteiger partial charge is 0.252 e. The first-order chi connectivity index (χ1) is 15.3. The van der Waals surface area contributed by atoms with Gasteiger partial charge in [-0.1, -0.05) is 32.4 Å². The number of nitrogen functional groups attached to an aromatic ring is 1. The third kappa shape index (κ3) is 6.77. The number of carbonyl (C=O) groups is 5. The van der Waals surface area contributed by atoms with Gasteiger partial charge in [0.1, 0.15) is 24.2 Å². The Labute approximate surface area is 198 Å². The lowest BCUT2D eigenvalue weighted by atomic mass is 9.85. The van der Waals surface area contributed by atoms with Crippen molar-refractivity contribution < 1.29 is 24.0 Å². The minimum absolute atomic E-state index is 0.110. The molecular formula is C23H31ClN4O5. The highest BCUT2D eigenvalue weighted by Gasteiger charge is 2.42. The second kappa shape index (κ2) is 10.8. The Balaban J connectivity index is 2.20. The van der Waals surface area contributed by atoms with Crippen LogP contribution in [0.3, 0.4) is 0 Å². The molecule has 10 heteroatoms. The molecule has 0 aliphatic carbocycles. The molecule has 9 nitrogen and oxygen atoms in total. The minimum Gasteiger partial charge on any atom is -0.398 e. The third-order valence-corrected chi connectivity index (χ3v) is 5.82. The first kappa shape index (κ1) is 26.3. The zero-order chi connectivity index (χ0) is 24.9. The Morgan fingerprint density at radius 1 is 1.24 bits per heavy atom. The summed E-state index contributed by atoms with van der Waals surface area (Å²) in [5.41, 5.74) is 5.63. The zero-order valence-electron chi connectivity index (χ0n) is 19.3. The Hall–Kier alpha value is -2.94. The number of nitrogens with zero attached hydrogens (tertiary/aromatic N) is 1.